The fourth-order valence-corrected chi connectivity index (χ4v) is 3.12. The number of esters is 2. The third-order valence-corrected chi connectivity index (χ3v) is 4.21. The van der Waals surface area contributed by atoms with Crippen LogP contribution in [0.3, 0.4) is 0 Å². The lowest BCUT2D eigenvalue weighted by atomic mass is 10.1. The van der Waals surface area contributed by atoms with Gasteiger partial charge in [-0.05, 0) is 71.7 Å². The van der Waals surface area contributed by atoms with Gasteiger partial charge in [0.05, 0.1) is 6.42 Å². The first-order valence-electron chi connectivity index (χ1n) is 10.1. The van der Waals surface area contributed by atoms with Crippen molar-refractivity contribution in [1.82, 2.24) is 5.32 Å². The SMILES string of the molecule is CC(C)(C)OC(=O)CCNC(C(=O)OC(C)(C)C)C(=O)N1CCc2cc(O)ccc21. The maximum absolute atomic E-state index is 13.2. The number of anilines is 1. The lowest BCUT2D eigenvalue weighted by molar-refractivity contribution is -0.160. The summed E-state index contributed by atoms with van der Waals surface area (Å²) in [6, 6.07) is 3.51. The first-order chi connectivity index (χ1) is 13.8. The second-order valence-electron chi connectivity index (χ2n) is 9.31. The Bertz CT molecular complexity index is 807. The first kappa shape index (κ1) is 23.7. The van der Waals surface area contributed by atoms with E-state index in [1.54, 1.807) is 53.7 Å². The maximum atomic E-state index is 13.2. The van der Waals surface area contributed by atoms with Gasteiger partial charge < -0.3 is 19.5 Å². The van der Waals surface area contributed by atoms with Crippen LogP contribution in [0.1, 0.15) is 53.5 Å². The van der Waals surface area contributed by atoms with E-state index in [9.17, 15) is 19.5 Å². The molecule has 1 aliphatic rings. The van der Waals surface area contributed by atoms with E-state index in [4.69, 9.17) is 9.47 Å². The molecule has 1 aliphatic heterocycles. The second-order valence-corrected chi connectivity index (χ2v) is 9.31. The minimum Gasteiger partial charge on any atom is -0.508 e. The Labute approximate surface area is 177 Å². The number of phenolic OH excluding ortho intramolecular Hbond substituents is 1. The summed E-state index contributed by atoms with van der Waals surface area (Å²) in [7, 11) is 0. The van der Waals surface area contributed by atoms with E-state index in [1.807, 2.05) is 0 Å². The van der Waals surface area contributed by atoms with Gasteiger partial charge in [-0.3, -0.25) is 14.9 Å². The molecule has 2 rings (SSSR count). The molecule has 8 nitrogen and oxygen atoms in total. The highest BCUT2D eigenvalue weighted by molar-refractivity contribution is 6.10. The Morgan fingerprint density at radius 3 is 2.33 bits per heavy atom. The van der Waals surface area contributed by atoms with E-state index >= 15 is 0 Å². The Balaban J connectivity index is 2.13. The van der Waals surface area contributed by atoms with Crippen molar-refractivity contribution < 1.29 is 29.0 Å². The van der Waals surface area contributed by atoms with Crippen LogP contribution in [0.4, 0.5) is 5.69 Å². The summed E-state index contributed by atoms with van der Waals surface area (Å²) >= 11 is 0. The average Bonchev–Trinajstić information content (AvgIpc) is 2.97. The van der Waals surface area contributed by atoms with Crippen LogP contribution in [0.5, 0.6) is 5.75 Å². The molecule has 30 heavy (non-hydrogen) atoms. The zero-order valence-electron chi connectivity index (χ0n) is 18.6. The van der Waals surface area contributed by atoms with E-state index in [0.29, 0.717) is 18.7 Å². The molecule has 1 unspecified atom stereocenters. The number of aromatic hydroxyl groups is 1. The van der Waals surface area contributed by atoms with Crippen LogP contribution >= 0.6 is 0 Å². The molecule has 2 N–H and O–H groups in total. The van der Waals surface area contributed by atoms with Crippen LogP contribution in [0.15, 0.2) is 18.2 Å². The Kier molecular flexibility index (Phi) is 7.13. The molecular weight excluding hydrogens is 388 g/mol. The molecule has 1 amide bonds. The quantitative estimate of drug-likeness (QED) is 0.537. The molecule has 0 aromatic heterocycles. The predicted molar refractivity (Wildman–Crippen MR) is 112 cm³/mol. The number of nitrogens with one attached hydrogen (secondary N) is 1. The molecule has 0 aliphatic carbocycles. The fraction of sp³-hybridized carbons (Fsp3) is 0.591. The highest BCUT2D eigenvalue weighted by Gasteiger charge is 2.37. The smallest absolute Gasteiger partial charge is 0.333 e. The summed E-state index contributed by atoms with van der Waals surface area (Å²) in [5.74, 6) is -1.46. The normalized spacial score (nSPS) is 14.8. The molecule has 0 fully saturated rings. The molecule has 0 saturated carbocycles. The number of nitrogens with zero attached hydrogens (tertiary/aromatic N) is 1. The van der Waals surface area contributed by atoms with Gasteiger partial charge in [-0.1, -0.05) is 0 Å². The van der Waals surface area contributed by atoms with Gasteiger partial charge in [0, 0.05) is 18.8 Å². The number of carbonyl (C=O) groups excluding carboxylic acids is 3. The monoisotopic (exact) mass is 420 g/mol. The molecule has 8 heteroatoms. The van der Waals surface area contributed by atoms with Crippen molar-refractivity contribution in [2.75, 3.05) is 18.0 Å². The van der Waals surface area contributed by atoms with Gasteiger partial charge in [0.25, 0.3) is 5.91 Å². The summed E-state index contributed by atoms with van der Waals surface area (Å²) in [6.07, 6.45) is 0.586. The third-order valence-electron chi connectivity index (χ3n) is 4.21. The molecule has 0 spiro atoms. The largest absolute Gasteiger partial charge is 0.508 e. The molecule has 0 saturated heterocycles. The molecule has 166 valence electrons. The van der Waals surface area contributed by atoms with Crippen LogP contribution < -0.4 is 10.2 Å². The van der Waals surface area contributed by atoms with Gasteiger partial charge in [-0.25, -0.2) is 4.79 Å². The topological polar surface area (TPSA) is 105 Å². The summed E-state index contributed by atoms with van der Waals surface area (Å²) in [5.41, 5.74) is 0.111. The summed E-state index contributed by atoms with van der Waals surface area (Å²) in [4.78, 5) is 39.4. The van der Waals surface area contributed by atoms with Gasteiger partial charge in [-0.2, -0.15) is 0 Å². The maximum Gasteiger partial charge on any atom is 0.333 e. The van der Waals surface area contributed by atoms with Crippen LogP contribution in [0.2, 0.25) is 0 Å². The van der Waals surface area contributed by atoms with Gasteiger partial charge >= 0.3 is 11.9 Å². The number of hydrogen-bond acceptors (Lipinski definition) is 7. The lowest BCUT2D eigenvalue weighted by Crippen LogP contribution is -2.53. The average molecular weight is 421 g/mol. The first-order valence-corrected chi connectivity index (χ1v) is 10.1. The van der Waals surface area contributed by atoms with Crippen molar-refractivity contribution in [1.29, 1.82) is 0 Å². The summed E-state index contributed by atoms with van der Waals surface area (Å²) in [6.45, 7) is 11.0. The van der Waals surface area contributed by atoms with Crippen molar-refractivity contribution in [2.45, 2.75) is 71.6 Å². The highest BCUT2D eigenvalue weighted by atomic mass is 16.6. The van der Waals surface area contributed by atoms with Gasteiger partial charge in [0.15, 0.2) is 6.04 Å². The van der Waals surface area contributed by atoms with Crippen molar-refractivity contribution in [3.8, 4) is 5.75 Å². The van der Waals surface area contributed by atoms with Crippen molar-refractivity contribution in [3.63, 3.8) is 0 Å². The predicted octanol–water partition coefficient (Wildman–Crippen LogP) is 2.31. The van der Waals surface area contributed by atoms with Crippen LogP contribution in [-0.2, 0) is 30.3 Å². The number of hydrogen-bond donors (Lipinski definition) is 2. The molecule has 1 aromatic carbocycles. The molecular formula is C22H32N2O6. The number of carbonyl (C=O) groups is 3. The number of amides is 1. The zero-order valence-corrected chi connectivity index (χ0v) is 18.6. The fourth-order valence-electron chi connectivity index (χ4n) is 3.12. The summed E-state index contributed by atoms with van der Waals surface area (Å²) < 4.78 is 10.7. The second kappa shape index (κ2) is 9.04. The number of rotatable bonds is 6. The van der Waals surface area contributed by atoms with Crippen LogP contribution in [-0.4, -0.2) is 53.3 Å². The minimum atomic E-state index is -1.26. The molecule has 1 aromatic rings. The standard InChI is InChI=1S/C22H32N2O6/c1-21(2,3)29-17(26)9-11-23-18(20(28)30-22(4,5)6)19(27)24-12-10-14-13-15(25)7-8-16(14)24/h7-8,13,18,23,25H,9-12H2,1-6H3. The Hall–Kier alpha value is -2.61. The highest BCUT2D eigenvalue weighted by Crippen LogP contribution is 2.31. The molecule has 1 heterocycles. The number of benzene rings is 1. The molecule has 0 bridgehead atoms. The minimum absolute atomic E-state index is 0.00824. The van der Waals surface area contributed by atoms with Gasteiger partial charge in [0.2, 0.25) is 0 Å². The van der Waals surface area contributed by atoms with Crippen LogP contribution in [0, 0.1) is 0 Å². The van der Waals surface area contributed by atoms with Crippen molar-refractivity contribution in [3.05, 3.63) is 23.8 Å². The van der Waals surface area contributed by atoms with E-state index in [-0.39, 0.29) is 18.7 Å². The van der Waals surface area contributed by atoms with E-state index < -0.39 is 35.1 Å². The zero-order chi connectivity index (χ0) is 22.7. The van der Waals surface area contributed by atoms with Gasteiger partial charge in [0.1, 0.15) is 17.0 Å². The van der Waals surface area contributed by atoms with E-state index in [0.717, 1.165) is 5.56 Å². The Morgan fingerprint density at radius 1 is 1.10 bits per heavy atom. The van der Waals surface area contributed by atoms with Crippen molar-refractivity contribution in [2.24, 2.45) is 0 Å². The van der Waals surface area contributed by atoms with Gasteiger partial charge in [-0.15, -0.1) is 0 Å². The lowest BCUT2D eigenvalue weighted by Gasteiger charge is -2.27. The Morgan fingerprint density at radius 2 is 1.73 bits per heavy atom. The molecule has 1 atom stereocenters. The molecule has 0 radical (unpaired) electrons. The summed E-state index contributed by atoms with van der Waals surface area (Å²) in [5, 5.41) is 12.5. The van der Waals surface area contributed by atoms with E-state index in [2.05, 4.69) is 5.32 Å². The third kappa shape index (κ3) is 6.73. The van der Waals surface area contributed by atoms with Crippen molar-refractivity contribution >= 4 is 23.5 Å². The number of fused-ring (bicyclic) bond motifs is 1. The number of phenols is 1. The van der Waals surface area contributed by atoms with E-state index in [1.165, 1.54) is 11.0 Å². The number of ether oxygens (including phenoxy) is 2. The van der Waals surface area contributed by atoms with Crippen LogP contribution in [0.25, 0.3) is 0 Å².